The molecule has 1 fully saturated rings. The first-order valence-corrected chi connectivity index (χ1v) is 7.82. The molecule has 2 rings (SSSR count). The number of methoxy groups -OCH3 is 1. The fraction of sp³-hybridized carbons (Fsp3) is 0.647. The maximum atomic E-state index is 9.79. The lowest BCUT2D eigenvalue weighted by molar-refractivity contribution is 0.138. The highest BCUT2D eigenvalue weighted by Gasteiger charge is 2.29. The number of hydrogen-bond donors (Lipinski definition) is 1. The van der Waals surface area contributed by atoms with Crippen molar-refractivity contribution in [3.8, 4) is 5.75 Å². The van der Waals surface area contributed by atoms with E-state index in [4.69, 9.17) is 9.47 Å². The Balaban J connectivity index is 2.15. The van der Waals surface area contributed by atoms with Crippen LogP contribution in [0.15, 0.2) is 18.2 Å². The van der Waals surface area contributed by atoms with Gasteiger partial charge in [-0.2, -0.15) is 0 Å². The SMILES string of the molecule is CCOc1ccc(C(C)O)cc1CN(CCOC)C1CC1. The number of aliphatic hydroxyl groups excluding tert-OH is 1. The van der Waals surface area contributed by atoms with Crippen LogP contribution in [0.4, 0.5) is 0 Å². The van der Waals surface area contributed by atoms with Crippen LogP contribution in [-0.4, -0.2) is 42.9 Å². The van der Waals surface area contributed by atoms with Crippen LogP contribution < -0.4 is 4.74 Å². The fourth-order valence-corrected chi connectivity index (χ4v) is 2.54. The number of benzene rings is 1. The van der Waals surface area contributed by atoms with Crippen LogP contribution in [0.2, 0.25) is 0 Å². The predicted molar refractivity (Wildman–Crippen MR) is 83.6 cm³/mol. The Bertz CT molecular complexity index is 444. The summed E-state index contributed by atoms with van der Waals surface area (Å²) in [5.41, 5.74) is 2.09. The zero-order valence-corrected chi connectivity index (χ0v) is 13.3. The Hall–Kier alpha value is -1.10. The number of rotatable bonds is 9. The Morgan fingerprint density at radius 1 is 1.38 bits per heavy atom. The van der Waals surface area contributed by atoms with Gasteiger partial charge in [0.15, 0.2) is 0 Å². The molecule has 1 saturated carbocycles. The first-order valence-electron chi connectivity index (χ1n) is 7.82. The van der Waals surface area contributed by atoms with Gasteiger partial charge in [-0.3, -0.25) is 4.90 Å². The molecule has 1 aliphatic rings. The molecule has 1 aliphatic carbocycles. The van der Waals surface area contributed by atoms with Crippen LogP contribution in [0.5, 0.6) is 5.75 Å². The van der Waals surface area contributed by atoms with Crippen molar-refractivity contribution < 1.29 is 14.6 Å². The van der Waals surface area contributed by atoms with Crippen molar-refractivity contribution in [3.63, 3.8) is 0 Å². The van der Waals surface area contributed by atoms with Gasteiger partial charge in [0, 0.05) is 31.8 Å². The van der Waals surface area contributed by atoms with E-state index in [9.17, 15) is 5.11 Å². The van der Waals surface area contributed by atoms with Crippen LogP contribution in [0.3, 0.4) is 0 Å². The van der Waals surface area contributed by atoms with E-state index in [0.29, 0.717) is 12.6 Å². The lowest BCUT2D eigenvalue weighted by Crippen LogP contribution is -2.29. The largest absolute Gasteiger partial charge is 0.494 e. The van der Waals surface area contributed by atoms with Crippen LogP contribution >= 0.6 is 0 Å². The second-order valence-corrected chi connectivity index (χ2v) is 5.67. The molecule has 4 nitrogen and oxygen atoms in total. The molecule has 4 heteroatoms. The minimum absolute atomic E-state index is 0.451. The normalized spacial score (nSPS) is 16.2. The van der Waals surface area contributed by atoms with Gasteiger partial charge >= 0.3 is 0 Å². The summed E-state index contributed by atoms with van der Waals surface area (Å²) in [7, 11) is 1.74. The van der Waals surface area contributed by atoms with E-state index in [0.717, 1.165) is 36.6 Å². The van der Waals surface area contributed by atoms with Crippen molar-refractivity contribution in [1.29, 1.82) is 0 Å². The second kappa shape index (κ2) is 7.78. The zero-order chi connectivity index (χ0) is 15.2. The van der Waals surface area contributed by atoms with Gasteiger partial charge in [-0.25, -0.2) is 0 Å². The molecule has 1 unspecified atom stereocenters. The van der Waals surface area contributed by atoms with Crippen LogP contribution in [0, 0.1) is 0 Å². The molecule has 1 atom stereocenters. The quantitative estimate of drug-likeness (QED) is 0.760. The van der Waals surface area contributed by atoms with Crippen LogP contribution in [-0.2, 0) is 11.3 Å². The second-order valence-electron chi connectivity index (χ2n) is 5.67. The molecule has 0 amide bonds. The summed E-state index contributed by atoms with van der Waals surface area (Å²) in [6, 6.07) is 6.65. The summed E-state index contributed by atoms with van der Waals surface area (Å²) >= 11 is 0. The summed E-state index contributed by atoms with van der Waals surface area (Å²) in [5, 5.41) is 9.79. The summed E-state index contributed by atoms with van der Waals surface area (Å²) in [5.74, 6) is 0.921. The van der Waals surface area contributed by atoms with Gasteiger partial charge in [0.1, 0.15) is 5.75 Å². The van der Waals surface area contributed by atoms with Crippen molar-refractivity contribution in [2.45, 2.75) is 45.4 Å². The zero-order valence-electron chi connectivity index (χ0n) is 13.3. The summed E-state index contributed by atoms with van der Waals surface area (Å²) in [6.45, 7) is 6.98. The minimum Gasteiger partial charge on any atom is -0.494 e. The van der Waals surface area contributed by atoms with Crippen molar-refractivity contribution in [2.75, 3.05) is 26.9 Å². The van der Waals surface area contributed by atoms with Crippen LogP contribution in [0.25, 0.3) is 0 Å². The van der Waals surface area contributed by atoms with E-state index in [-0.39, 0.29) is 0 Å². The van der Waals surface area contributed by atoms with Gasteiger partial charge < -0.3 is 14.6 Å². The number of aliphatic hydroxyl groups is 1. The predicted octanol–water partition coefficient (Wildman–Crippen LogP) is 2.75. The average Bonchev–Trinajstić information content (AvgIpc) is 3.29. The van der Waals surface area contributed by atoms with Gasteiger partial charge in [0.25, 0.3) is 0 Å². The Morgan fingerprint density at radius 3 is 2.71 bits per heavy atom. The molecular formula is C17H27NO3. The van der Waals surface area contributed by atoms with Crippen molar-refractivity contribution in [3.05, 3.63) is 29.3 Å². The molecule has 1 N–H and O–H groups in total. The first kappa shape index (κ1) is 16.3. The van der Waals surface area contributed by atoms with E-state index in [2.05, 4.69) is 11.0 Å². The van der Waals surface area contributed by atoms with Crippen LogP contribution in [0.1, 0.15) is 43.9 Å². The molecule has 21 heavy (non-hydrogen) atoms. The highest BCUT2D eigenvalue weighted by molar-refractivity contribution is 5.38. The van der Waals surface area contributed by atoms with Crippen molar-refractivity contribution >= 4 is 0 Å². The Morgan fingerprint density at radius 2 is 2.14 bits per heavy atom. The molecule has 0 radical (unpaired) electrons. The number of nitrogens with zero attached hydrogens (tertiary/aromatic N) is 1. The monoisotopic (exact) mass is 293 g/mol. The molecular weight excluding hydrogens is 266 g/mol. The number of hydrogen-bond acceptors (Lipinski definition) is 4. The smallest absolute Gasteiger partial charge is 0.123 e. The Labute approximate surface area is 127 Å². The average molecular weight is 293 g/mol. The highest BCUT2D eigenvalue weighted by Crippen LogP contribution is 2.31. The maximum Gasteiger partial charge on any atom is 0.123 e. The first-order chi connectivity index (χ1) is 10.2. The summed E-state index contributed by atoms with van der Waals surface area (Å²) in [6.07, 6.45) is 2.08. The van der Waals surface area contributed by atoms with Crippen molar-refractivity contribution in [1.82, 2.24) is 4.90 Å². The molecule has 0 aromatic heterocycles. The van der Waals surface area contributed by atoms with Gasteiger partial charge in [-0.05, 0) is 44.4 Å². The molecule has 1 aromatic rings. The maximum absolute atomic E-state index is 9.79. The highest BCUT2D eigenvalue weighted by atomic mass is 16.5. The van der Waals surface area contributed by atoms with Gasteiger partial charge in [0.2, 0.25) is 0 Å². The third kappa shape index (κ3) is 4.70. The molecule has 0 heterocycles. The molecule has 0 spiro atoms. The molecule has 0 bridgehead atoms. The molecule has 0 aliphatic heterocycles. The summed E-state index contributed by atoms with van der Waals surface area (Å²) in [4.78, 5) is 2.45. The summed E-state index contributed by atoms with van der Waals surface area (Å²) < 4.78 is 11.0. The Kier molecular flexibility index (Phi) is 6.03. The van der Waals surface area contributed by atoms with Crippen molar-refractivity contribution in [2.24, 2.45) is 0 Å². The van der Waals surface area contributed by atoms with E-state index < -0.39 is 6.10 Å². The third-order valence-electron chi connectivity index (χ3n) is 3.89. The van der Waals surface area contributed by atoms with Gasteiger partial charge in [-0.15, -0.1) is 0 Å². The molecule has 1 aromatic carbocycles. The molecule has 0 saturated heterocycles. The van der Waals surface area contributed by atoms with E-state index in [1.54, 1.807) is 14.0 Å². The van der Waals surface area contributed by atoms with Gasteiger partial charge in [0.05, 0.1) is 19.3 Å². The lowest BCUT2D eigenvalue weighted by Gasteiger charge is -2.23. The number of ether oxygens (including phenoxy) is 2. The standard InChI is InChI=1S/C17H27NO3/c1-4-21-17-8-5-14(13(2)19)11-15(17)12-18(9-10-20-3)16-6-7-16/h5,8,11,13,16,19H,4,6-7,9-10,12H2,1-3H3. The fourth-order valence-electron chi connectivity index (χ4n) is 2.54. The molecule has 118 valence electrons. The van der Waals surface area contributed by atoms with E-state index >= 15 is 0 Å². The van der Waals surface area contributed by atoms with E-state index in [1.807, 2.05) is 19.1 Å². The van der Waals surface area contributed by atoms with E-state index in [1.165, 1.54) is 12.8 Å². The topological polar surface area (TPSA) is 41.9 Å². The van der Waals surface area contributed by atoms with Gasteiger partial charge in [-0.1, -0.05) is 6.07 Å². The third-order valence-corrected chi connectivity index (χ3v) is 3.89. The lowest BCUT2D eigenvalue weighted by atomic mass is 10.1. The minimum atomic E-state index is -0.451.